The number of anilines is 1. The van der Waals surface area contributed by atoms with Gasteiger partial charge in [-0.25, -0.2) is 14.9 Å². The van der Waals surface area contributed by atoms with E-state index in [9.17, 15) is 9.59 Å². The van der Waals surface area contributed by atoms with Crippen molar-refractivity contribution in [1.29, 1.82) is 0 Å². The molecule has 2 aromatic rings. The van der Waals surface area contributed by atoms with E-state index in [4.69, 9.17) is 23.2 Å². The molecule has 5 nitrogen and oxygen atoms in total. The average Bonchev–Trinajstić information content (AvgIpc) is 3.29. The Balaban J connectivity index is 1.60. The van der Waals surface area contributed by atoms with E-state index >= 15 is 0 Å². The van der Waals surface area contributed by atoms with Crippen molar-refractivity contribution in [3.8, 4) is 0 Å². The molecule has 0 spiro atoms. The number of benzene rings is 2. The summed E-state index contributed by atoms with van der Waals surface area (Å²) < 4.78 is 0. The van der Waals surface area contributed by atoms with E-state index in [0.29, 0.717) is 15.7 Å². The molecule has 5 rings (SSSR count). The van der Waals surface area contributed by atoms with Crippen LogP contribution in [0.15, 0.2) is 48.5 Å². The van der Waals surface area contributed by atoms with E-state index in [-0.39, 0.29) is 17.9 Å². The van der Waals surface area contributed by atoms with Gasteiger partial charge in [0.1, 0.15) is 6.04 Å². The molecule has 0 unspecified atom stereocenters. The summed E-state index contributed by atoms with van der Waals surface area (Å²) in [6.07, 6.45) is 0.982. The van der Waals surface area contributed by atoms with Gasteiger partial charge in [0.05, 0.1) is 22.7 Å². The first-order chi connectivity index (χ1) is 13.1. The smallest absolute Gasteiger partial charge is 0.253 e. The number of imide groups is 1. The monoisotopic (exact) mass is 401 g/mol. The zero-order valence-corrected chi connectivity index (χ0v) is 15.9. The summed E-state index contributed by atoms with van der Waals surface area (Å²) >= 11 is 12.3. The summed E-state index contributed by atoms with van der Waals surface area (Å²) in [6, 6.07) is 14.2. The molecule has 138 valence electrons. The van der Waals surface area contributed by atoms with Crippen LogP contribution < -0.4 is 4.90 Å². The highest BCUT2D eigenvalue weighted by Crippen LogP contribution is 2.49. The summed E-state index contributed by atoms with van der Waals surface area (Å²) in [6.45, 7) is 1.64. The fraction of sp³-hybridized carbons (Fsp3) is 0.300. The fourth-order valence-electron chi connectivity index (χ4n) is 4.66. The standard InChI is InChI=1S/C20H17Cl2N3O2/c21-13-7-8-15(14(22)11-13)25-19(26)16-17(12-5-2-1-3-6-12)23-9-4-10-24(23)18(16)20(25)27/h1-3,5-8,11,16-18H,4,9-10H2/t16-,17+,18+/m1/s1. The lowest BCUT2D eigenvalue weighted by atomic mass is 9.90. The minimum Gasteiger partial charge on any atom is -0.274 e. The normalized spacial score (nSPS) is 28.1. The maximum absolute atomic E-state index is 13.4. The summed E-state index contributed by atoms with van der Waals surface area (Å²) in [5, 5.41) is 5.04. The molecule has 3 aliphatic rings. The summed E-state index contributed by atoms with van der Waals surface area (Å²) in [4.78, 5) is 28.0. The van der Waals surface area contributed by atoms with E-state index in [2.05, 4.69) is 10.0 Å². The van der Waals surface area contributed by atoms with Gasteiger partial charge in [-0.2, -0.15) is 0 Å². The maximum Gasteiger partial charge on any atom is 0.253 e. The van der Waals surface area contributed by atoms with Crippen molar-refractivity contribution in [1.82, 2.24) is 10.0 Å². The Morgan fingerprint density at radius 2 is 1.56 bits per heavy atom. The van der Waals surface area contributed by atoms with Crippen LogP contribution in [-0.2, 0) is 9.59 Å². The summed E-state index contributed by atoms with van der Waals surface area (Å²) in [5.74, 6) is -0.844. The highest BCUT2D eigenvalue weighted by Gasteiger charge is 2.63. The largest absolute Gasteiger partial charge is 0.274 e. The van der Waals surface area contributed by atoms with Crippen molar-refractivity contribution in [2.75, 3.05) is 18.0 Å². The van der Waals surface area contributed by atoms with Gasteiger partial charge in [0.2, 0.25) is 5.91 Å². The molecule has 0 aliphatic carbocycles. The fourth-order valence-corrected chi connectivity index (χ4v) is 5.16. The van der Waals surface area contributed by atoms with Crippen LogP contribution in [0.3, 0.4) is 0 Å². The predicted molar refractivity (Wildman–Crippen MR) is 103 cm³/mol. The molecule has 3 aliphatic heterocycles. The second-order valence-corrected chi connectivity index (χ2v) is 7.96. The first kappa shape index (κ1) is 17.2. The van der Waals surface area contributed by atoms with Crippen LogP contribution in [0.25, 0.3) is 0 Å². The number of nitrogens with zero attached hydrogens (tertiary/aromatic N) is 3. The van der Waals surface area contributed by atoms with Gasteiger partial charge in [0.15, 0.2) is 0 Å². The number of carbonyl (C=O) groups excluding carboxylic acids is 2. The van der Waals surface area contributed by atoms with Crippen LogP contribution in [-0.4, -0.2) is 41.0 Å². The second kappa shape index (κ2) is 6.31. The quantitative estimate of drug-likeness (QED) is 0.721. The molecule has 27 heavy (non-hydrogen) atoms. The van der Waals surface area contributed by atoms with Crippen LogP contribution in [0.4, 0.5) is 5.69 Å². The molecule has 0 bridgehead atoms. The number of amides is 2. The van der Waals surface area contributed by atoms with E-state index in [0.717, 1.165) is 25.1 Å². The Kier molecular flexibility index (Phi) is 4.02. The molecule has 0 saturated carbocycles. The lowest BCUT2D eigenvalue weighted by Gasteiger charge is -2.30. The van der Waals surface area contributed by atoms with Gasteiger partial charge in [-0.3, -0.25) is 9.59 Å². The minimum atomic E-state index is -0.475. The highest BCUT2D eigenvalue weighted by molar-refractivity contribution is 6.38. The van der Waals surface area contributed by atoms with E-state index < -0.39 is 12.0 Å². The topological polar surface area (TPSA) is 43.9 Å². The van der Waals surface area contributed by atoms with Crippen LogP contribution in [0.2, 0.25) is 10.0 Å². The molecule has 0 radical (unpaired) electrons. The Labute approximate surface area is 167 Å². The SMILES string of the molecule is O=C1[C@H]2[C@@H](C(=O)N1c1ccc(Cl)cc1Cl)N1CCCN1[C@H]2c1ccccc1. The van der Waals surface area contributed by atoms with E-state index in [1.54, 1.807) is 18.2 Å². The Hall–Kier alpha value is -1.92. The zero-order valence-electron chi connectivity index (χ0n) is 14.4. The van der Waals surface area contributed by atoms with Crippen LogP contribution >= 0.6 is 23.2 Å². The zero-order chi connectivity index (χ0) is 18.7. The van der Waals surface area contributed by atoms with Crippen molar-refractivity contribution >= 4 is 40.7 Å². The van der Waals surface area contributed by atoms with Gasteiger partial charge in [-0.15, -0.1) is 0 Å². The van der Waals surface area contributed by atoms with Gasteiger partial charge < -0.3 is 0 Å². The van der Waals surface area contributed by atoms with Crippen molar-refractivity contribution in [2.45, 2.75) is 18.5 Å². The van der Waals surface area contributed by atoms with Crippen LogP contribution in [0.5, 0.6) is 0 Å². The molecule has 3 fully saturated rings. The Bertz CT molecular complexity index is 936. The van der Waals surface area contributed by atoms with E-state index in [1.165, 1.54) is 4.90 Å². The molecule has 3 atom stereocenters. The Morgan fingerprint density at radius 3 is 2.26 bits per heavy atom. The van der Waals surface area contributed by atoms with Gasteiger partial charge in [-0.1, -0.05) is 53.5 Å². The van der Waals surface area contributed by atoms with Crippen molar-refractivity contribution < 1.29 is 9.59 Å². The van der Waals surface area contributed by atoms with Crippen molar-refractivity contribution in [3.63, 3.8) is 0 Å². The molecular weight excluding hydrogens is 385 g/mol. The van der Waals surface area contributed by atoms with Gasteiger partial charge in [0, 0.05) is 18.1 Å². The Morgan fingerprint density at radius 1 is 0.852 bits per heavy atom. The number of hydrogen-bond acceptors (Lipinski definition) is 4. The van der Waals surface area contributed by atoms with Gasteiger partial charge in [0.25, 0.3) is 5.91 Å². The molecule has 2 aromatic carbocycles. The molecule has 3 saturated heterocycles. The first-order valence-corrected chi connectivity index (χ1v) is 9.74. The number of halogens is 2. The minimum absolute atomic E-state index is 0.133. The highest BCUT2D eigenvalue weighted by atomic mass is 35.5. The third kappa shape index (κ3) is 2.46. The number of hydrazine groups is 1. The molecule has 7 heteroatoms. The number of hydrogen-bond donors (Lipinski definition) is 0. The van der Waals surface area contributed by atoms with E-state index in [1.807, 2.05) is 30.3 Å². The molecular formula is C20H17Cl2N3O2. The predicted octanol–water partition coefficient (Wildman–Crippen LogP) is 3.53. The van der Waals surface area contributed by atoms with Crippen molar-refractivity contribution in [2.24, 2.45) is 5.92 Å². The summed E-state index contributed by atoms with van der Waals surface area (Å²) in [7, 11) is 0. The molecule has 2 amide bonds. The number of fused-ring (bicyclic) bond motifs is 3. The van der Waals surface area contributed by atoms with Crippen LogP contribution in [0.1, 0.15) is 18.0 Å². The van der Waals surface area contributed by atoms with Crippen LogP contribution in [0, 0.1) is 5.92 Å². The first-order valence-electron chi connectivity index (χ1n) is 8.99. The molecule has 0 N–H and O–H groups in total. The number of rotatable bonds is 2. The summed E-state index contributed by atoms with van der Waals surface area (Å²) in [5.41, 5.74) is 1.46. The average molecular weight is 402 g/mol. The van der Waals surface area contributed by atoms with Gasteiger partial charge in [-0.05, 0) is 30.2 Å². The van der Waals surface area contributed by atoms with Crippen molar-refractivity contribution in [3.05, 3.63) is 64.1 Å². The molecule has 0 aromatic heterocycles. The molecule has 3 heterocycles. The maximum atomic E-state index is 13.4. The van der Waals surface area contributed by atoms with Gasteiger partial charge >= 0.3 is 0 Å². The lowest BCUT2D eigenvalue weighted by Crippen LogP contribution is -2.44. The lowest BCUT2D eigenvalue weighted by molar-refractivity contribution is -0.126. The number of carbonyl (C=O) groups is 2. The second-order valence-electron chi connectivity index (χ2n) is 7.11. The third-order valence-corrected chi connectivity index (χ3v) is 6.24. The third-order valence-electron chi connectivity index (χ3n) is 5.70.